The van der Waals surface area contributed by atoms with Gasteiger partial charge >= 0.3 is 0 Å². The number of hydrogen-bond acceptors (Lipinski definition) is 5. The number of hydrogen-bond donors (Lipinski definition) is 1. The molecule has 0 aliphatic carbocycles. The van der Waals surface area contributed by atoms with Crippen molar-refractivity contribution < 1.29 is 14.1 Å². The Morgan fingerprint density at radius 2 is 2.12 bits per heavy atom. The molecular weight excluding hydrogens is 306 g/mol. The van der Waals surface area contributed by atoms with Crippen LogP contribution in [0.2, 0.25) is 0 Å². The van der Waals surface area contributed by atoms with Crippen LogP contribution >= 0.6 is 0 Å². The topological polar surface area (TPSA) is 67.6 Å². The van der Waals surface area contributed by atoms with Crippen molar-refractivity contribution in [3.05, 3.63) is 41.3 Å². The number of amides is 1. The first-order valence-corrected chi connectivity index (χ1v) is 8.19. The van der Waals surface area contributed by atoms with E-state index in [1.807, 2.05) is 38.1 Å². The van der Waals surface area contributed by atoms with Crippen LogP contribution in [0.1, 0.15) is 29.9 Å². The lowest BCUT2D eigenvalue weighted by Crippen LogP contribution is -2.39. The third kappa shape index (κ3) is 3.43. The zero-order valence-corrected chi connectivity index (χ0v) is 14.3. The minimum absolute atomic E-state index is 0.0319. The lowest BCUT2D eigenvalue weighted by molar-refractivity contribution is -0.120. The third-order valence-corrected chi connectivity index (χ3v) is 4.57. The normalized spacial score (nSPS) is 17.9. The standard InChI is InChI=1S/C18H23N3O3/c1-12-16(13(2)24-20-12)11-21-10-4-5-17(21)18(22)19-14-6-8-15(23-3)9-7-14/h6-9,17H,4-5,10-11H2,1-3H3,(H,19,22). The van der Waals surface area contributed by atoms with Crippen molar-refractivity contribution >= 4 is 11.6 Å². The molecule has 1 fully saturated rings. The minimum atomic E-state index is -0.124. The van der Waals surface area contributed by atoms with Gasteiger partial charge < -0.3 is 14.6 Å². The van der Waals surface area contributed by atoms with Gasteiger partial charge in [-0.1, -0.05) is 5.16 Å². The molecule has 0 radical (unpaired) electrons. The summed E-state index contributed by atoms with van der Waals surface area (Å²) >= 11 is 0. The summed E-state index contributed by atoms with van der Waals surface area (Å²) in [6, 6.07) is 7.26. The van der Waals surface area contributed by atoms with E-state index in [-0.39, 0.29) is 11.9 Å². The molecule has 0 bridgehead atoms. The number of carbonyl (C=O) groups excluding carboxylic acids is 1. The van der Waals surface area contributed by atoms with Crippen molar-refractivity contribution in [2.24, 2.45) is 0 Å². The second-order valence-electron chi connectivity index (χ2n) is 6.15. The Kier molecular flexibility index (Phi) is 4.85. The third-order valence-electron chi connectivity index (χ3n) is 4.57. The fourth-order valence-electron chi connectivity index (χ4n) is 3.14. The molecule has 1 aliphatic rings. The number of methoxy groups -OCH3 is 1. The minimum Gasteiger partial charge on any atom is -0.497 e. The first kappa shape index (κ1) is 16.5. The number of rotatable bonds is 5. The summed E-state index contributed by atoms with van der Waals surface area (Å²) in [6.45, 7) is 5.46. The Hall–Kier alpha value is -2.34. The van der Waals surface area contributed by atoms with Crippen LogP contribution in [0.3, 0.4) is 0 Å². The molecule has 1 amide bonds. The highest BCUT2D eigenvalue weighted by atomic mass is 16.5. The predicted molar refractivity (Wildman–Crippen MR) is 91.0 cm³/mol. The van der Waals surface area contributed by atoms with E-state index < -0.39 is 0 Å². The van der Waals surface area contributed by atoms with E-state index in [0.29, 0.717) is 6.54 Å². The van der Waals surface area contributed by atoms with Gasteiger partial charge in [0.05, 0.1) is 18.8 Å². The van der Waals surface area contributed by atoms with Crippen molar-refractivity contribution in [1.82, 2.24) is 10.1 Å². The van der Waals surface area contributed by atoms with Gasteiger partial charge in [-0.05, 0) is 57.5 Å². The highest BCUT2D eigenvalue weighted by Crippen LogP contribution is 2.24. The number of aromatic nitrogens is 1. The van der Waals surface area contributed by atoms with Crippen LogP contribution in [0, 0.1) is 13.8 Å². The summed E-state index contributed by atoms with van der Waals surface area (Å²) in [5.41, 5.74) is 2.76. The Balaban J connectivity index is 1.66. The maximum absolute atomic E-state index is 12.7. The first-order valence-electron chi connectivity index (χ1n) is 8.19. The molecule has 0 saturated carbocycles. The largest absolute Gasteiger partial charge is 0.497 e. The van der Waals surface area contributed by atoms with Crippen LogP contribution < -0.4 is 10.1 Å². The monoisotopic (exact) mass is 329 g/mol. The smallest absolute Gasteiger partial charge is 0.241 e. The highest BCUT2D eigenvalue weighted by molar-refractivity contribution is 5.95. The molecule has 128 valence electrons. The van der Waals surface area contributed by atoms with Crippen molar-refractivity contribution in [2.45, 2.75) is 39.3 Å². The number of benzene rings is 1. The van der Waals surface area contributed by atoms with Gasteiger partial charge in [0, 0.05) is 17.8 Å². The fraction of sp³-hybridized carbons (Fsp3) is 0.444. The summed E-state index contributed by atoms with van der Waals surface area (Å²) in [7, 11) is 1.62. The van der Waals surface area contributed by atoms with E-state index in [0.717, 1.165) is 47.8 Å². The number of carbonyl (C=O) groups is 1. The highest BCUT2D eigenvalue weighted by Gasteiger charge is 2.31. The van der Waals surface area contributed by atoms with E-state index in [4.69, 9.17) is 9.26 Å². The molecule has 1 N–H and O–H groups in total. The molecule has 6 heteroatoms. The molecule has 2 heterocycles. The van der Waals surface area contributed by atoms with E-state index in [1.54, 1.807) is 7.11 Å². The number of anilines is 1. The second-order valence-corrected chi connectivity index (χ2v) is 6.15. The van der Waals surface area contributed by atoms with E-state index >= 15 is 0 Å². The molecule has 1 aliphatic heterocycles. The summed E-state index contributed by atoms with van der Waals surface area (Å²) in [5.74, 6) is 1.63. The van der Waals surface area contributed by atoms with Crippen LogP contribution in [0.5, 0.6) is 5.75 Å². The van der Waals surface area contributed by atoms with E-state index in [1.165, 1.54) is 0 Å². The van der Waals surface area contributed by atoms with E-state index in [9.17, 15) is 4.79 Å². The number of ether oxygens (including phenoxy) is 1. The summed E-state index contributed by atoms with van der Waals surface area (Å²) in [6.07, 6.45) is 1.88. The molecule has 3 rings (SSSR count). The number of aryl methyl sites for hydroxylation is 2. The maximum atomic E-state index is 12.7. The number of nitrogens with zero attached hydrogens (tertiary/aromatic N) is 2. The van der Waals surface area contributed by atoms with Gasteiger partial charge in [0.1, 0.15) is 11.5 Å². The average molecular weight is 329 g/mol. The van der Waals surface area contributed by atoms with E-state index in [2.05, 4.69) is 15.4 Å². The molecule has 1 unspecified atom stereocenters. The molecule has 0 spiro atoms. The average Bonchev–Trinajstić information content (AvgIpc) is 3.17. The van der Waals surface area contributed by atoms with Gasteiger partial charge in [0.2, 0.25) is 5.91 Å². The van der Waals surface area contributed by atoms with Crippen LogP contribution in [-0.2, 0) is 11.3 Å². The Labute approximate surface area is 141 Å². The van der Waals surface area contributed by atoms with Gasteiger partial charge in [-0.25, -0.2) is 0 Å². The lowest BCUT2D eigenvalue weighted by Gasteiger charge is -2.23. The Bertz CT molecular complexity index is 689. The number of nitrogens with one attached hydrogen (secondary N) is 1. The summed E-state index contributed by atoms with van der Waals surface area (Å²) in [5, 5.41) is 7.00. The zero-order chi connectivity index (χ0) is 17.1. The fourth-order valence-corrected chi connectivity index (χ4v) is 3.14. The molecule has 1 aromatic carbocycles. The quantitative estimate of drug-likeness (QED) is 0.913. The molecule has 2 aromatic rings. The van der Waals surface area contributed by atoms with Gasteiger partial charge in [0.15, 0.2) is 0 Å². The molecule has 6 nitrogen and oxygen atoms in total. The van der Waals surface area contributed by atoms with Gasteiger partial charge in [-0.3, -0.25) is 9.69 Å². The maximum Gasteiger partial charge on any atom is 0.241 e. The molecular formula is C18H23N3O3. The van der Waals surface area contributed by atoms with Crippen LogP contribution in [0.25, 0.3) is 0 Å². The Morgan fingerprint density at radius 1 is 1.38 bits per heavy atom. The van der Waals surface area contributed by atoms with Gasteiger partial charge in [-0.15, -0.1) is 0 Å². The van der Waals surface area contributed by atoms with Gasteiger partial charge in [-0.2, -0.15) is 0 Å². The van der Waals surface area contributed by atoms with Gasteiger partial charge in [0.25, 0.3) is 0 Å². The SMILES string of the molecule is COc1ccc(NC(=O)C2CCCN2Cc2c(C)noc2C)cc1. The molecule has 1 atom stereocenters. The first-order chi connectivity index (χ1) is 11.6. The van der Waals surface area contributed by atoms with Crippen LogP contribution in [0.15, 0.2) is 28.8 Å². The van der Waals surface area contributed by atoms with Crippen LogP contribution in [-0.4, -0.2) is 35.7 Å². The zero-order valence-electron chi connectivity index (χ0n) is 14.3. The predicted octanol–water partition coefficient (Wildman–Crippen LogP) is 2.90. The molecule has 24 heavy (non-hydrogen) atoms. The van der Waals surface area contributed by atoms with Crippen molar-refractivity contribution in [3.8, 4) is 5.75 Å². The Morgan fingerprint density at radius 3 is 2.75 bits per heavy atom. The van der Waals surface area contributed by atoms with Crippen molar-refractivity contribution in [1.29, 1.82) is 0 Å². The summed E-state index contributed by atoms with van der Waals surface area (Å²) in [4.78, 5) is 14.9. The van der Waals surface area contributed by atoms with Crippen molar-refractivity contribution in [2.75, 3.05) is 19.0 Å². The van der Waals surface area contributed by atoms with Crippen LogP contribution in [0.4, 0.5) is 5.69 Å². The lowest BCUT2D eigenvalue weighted by atomic mass is 10.1. The summed E-state index contributed by atoms with van der Waals surface area (Å²) < 4.78 is 10.4. The second kappa shape index (κ2) is 7.05. The molecule has 1 saturated heterocycles. The van der Waals surface area contributed by atoms with Crippen molar-refractivity contribution in [3.63, 3.8) is 0 Å². The number of likely N-dealkylation sites (tertiary alicyclic amines) is 1. The molecule has 1 aromatic heterocycles.